The number of benzene rings is 1. The first-order valence-corrected chi connectivity index (χ1v) is 5.62. The van der Waals surface area contributed by atoms with Gasteiger partial charge in [0.05, 0.1) is 6.61 Å². The minimum absolute atomic E-state index is 0.220. The molecule has 0 aromatic heterocycles. The Morgan fingerprint density at radius 3 is 2.44 bits per heavy atom. The Kier molecular flexibility index (Phi) is 4.99. The molecule has 0 fully saturated rings. The van der Waals surface area contributed by atoms with Gasteiger partial charge in [0, 0.05) is 6.04 Å². The Morgan fingerprint density at radius 2 is 1.94 bits per heavy atom. The van der Waals surface area contributed by atoms with Gasteiger partial charge in [-0.15, -0.1) is 0 Å². The van der Waals surface area contributed by atoms with Gasteiger partial charge in [0.2, 0.25) is 0 Å². The van der Waals surface area contributed by atoms with Crippen LogP contribution >= 0.6 is 0 Å². The van der Waals surface area contributed by atoms with E-state index in [2.05, 4.69) is 5.32 Å². The topological polar surface area (TPSA) is 38.3 Å². The SMILES string of the molecule is CCOC(=O)[C@H](NC(C)C)c1ccccc1. The molecule has 0 bridgehead atoms. The summed E-state index contributed by atoms with van der Waals surface area (Å²) in [6.45, 7) is 6.24. The highest BCUT2D eigenvalue weighted by Crippen LogP contribution is 2.15. The standard InChI is InChI=1S/C13H19NO2/c1-4-16-13(15)12(14-10(2)3)11-8-6-5-7-9-11/h5-10,12,14H,4H2,1-3H3/t12-/m1/s1. The lowest BCUT2D eigenvalue weighted by atomic mass is 10.1. The molecule has 0 radical (unpaired) electrons. The van der Waals surface area contributed by atoms with Crippen LogP contribution in [0, 0.1) is 0 Å². The molecule has 0 aliphatic rings. The Morgan fingerprint density at radius 1 is 1.31 bits per heavy atom. The number of carbonyl (C=O) groups is 1. The van der Waals surface area contributed by atoms with E-state index in [1.807, 2.05) is 51.1 Å². The zero-order valence-electron chi connectivity index (χ0n) is 10.1. The van der Waals surface area contributed by atoms with Crippen molar-refractivity contribution in [1.82, 2.24) is 5.32 Å². The predicted molar refractivity (Wildman–Crippen MR) is 64.1 cm³/mol. The molecule has 1 aromatic carbocycles. The number of esters is 1. The third-order valence-electron chi connectivity index (χ3n) is 2.16. The second-order valence-corrected chi connectivity index (χ2v) is 3.92. The quantitative estimate of drug-likeness (QED) is 0.775. The second-order valence-electron chi connectivity index (χ2n) is 3.92. The molecule has 0 spiro atoms. The smallest absolute Gasteiger partial charge is 0.327 e. The lowest BCUT2D eigenvalue weighted by Gasteiger charge is -2.19. The Balaban J connectivity index is 2.83. The fourth-order valence-electron chi connectivity index (χ4n) is 1.50. The van der Waals surface area contributed by atoms with Crippen molar-refractivity contribution >= 4 is 5.97 Å². The van der Waals surface area contributed by atoms with E-state index in [0.717, 1.165) is 5.56 Å². The molecular weight excluding hydrogens is 202 g/mol. The lowest BCUT2D eigenvalue weighted by Crippen LogP contribution is -2.34. The molecule has 0 heterocycles. The van der Waals surface area contributed by atoms with Gasteiger partial charge in [-0.1, -0.05) is 30.3 Å². The molecule has 0 aliphatic carbocycles. The first-order chi connectivity index (χ1) is 7.65. The van der Waals surface area contributed by atoms with E-state index >= 15 is 0 Å². The van der Waals surface area contributed by atoms with Gasteiger partial charge >= 0.3 is 5.97 Å². The van der Waals surface area contributed by atoms with Crippen molar-refractivity contribution in [3.05, 3.63) is 35.9 Å². The molecule has 0 saturated carbocycles. The molecule has 1 atom stereocenters. The van der Waals surface area contributed by atoms with Crippen LogP contribution in [-0.2, 0) is 9.53 Å². The van der Waals surface area contributed by atoms with Gasteiger partial charge in [-0.2, -0.15) is 0 Å². The third-order valence-corrected chi connectivity index (χ3v) is 2.16. The number of carbonyl (C=O) groups excluding carboxylic acids is 1. The van der Waals surface area contributed by atoms with Crippen LogP contribution in [0.3, 0.4) is 0 Å². The molecule has 0 unspecified atom stereocenters. The molecular formula is C13H19NO2. The maximum absolute atomic E-state index is 11.8. The second kappa shape index (κ2) is 6.28. The fourth-order valence-corrected chi connectivity index (χ4v) is 1.50. The summed E-state index contributed by atoms with van der Waals surface area (Å²) in [5.74, 6) is -0.220. The minimum atomic E-state index is -0.374. The van der Waals surface area contributed by atoms with E-state index < -0.39 is 0 Å². The molecule has 3 heteroatoms. The lowest BCUT2D eigenvalue weighted by molar-refractivity contribution is -0.146. The number of hydrogen-bond acceptors (Lipinski definition) is 3. The van der Waals surface area contributed by atoms with Crippen LogP contribution in [-0.4, -0.2) is 18.6 Å². The maximum Gasteiger partial charge on any atom is 0.327 e. The molecule has 16 heavy (non-hydrogen) atoms. The minimum Gasteiger partial charge on any atom is -0.465 e. The van der Waals surface area contributed by atoms with Crippen LogP contribution in [0.5, 0.6) is 0 Å². The number of ether oxygens (including phenoxy) is 1. The zero-order chi connectivity index (χ0) is 12.0. The zero-order valence-corrected chi connectivity index (χ0v) is 10.1. The Hall–Kier alpha value is -1.35. The number of nitrogens with one attached hydrogen (secondary N) is 1. The van der Waals surface area contributed by atoms with Crippen LogP contribution in [0.15, 0.2) is 30.3 Å². The third kappa shape index (κ3) is 3.66. The van der Waals surface area contributed by atoms with Crippen LogP contribution in [0.2, 0.25) is 0 Å². The van der Waals surface area contributed by atoms with Crippen molar-refractivity contribution < 1.29 is 9.53 Å². The molecule has 1 aromatic rings. The van der Waals surface area contributed by atoms with Crippen LogP contribution in [0.4, 0.5) is 0 Å². The van der Waals surface area contributed by atoms with Crippen molar-refractivity contribution in [1.29, 1.82) is 0 Å². The average molecular weight is 221 g/mol. The highest BCUT2D eigenvalue weighted by molar-refractivity contribution is 5.77. The predicted octanol–water partition coefficient (Wildman–Crippen LogP) is 2.29. The monoisotopic (exact) mass is 221 g/mol. The number of hydrogen-bond donors (Lipinski definition) is 1. The Labute approximate surface area is 96.8 Å². The summed E-state index contributed by atoms with van der Waals surface area (Å²) < 4.78 is 5.06. The van der Waals surface area contributed by atoms with E-state index in [0.29, 0.717) is 6.61 Å². The molecule has 0 amide bonds. The summed E-state index contributed by atoms with van der Waals surface area (Å²) in [6.07, 6.45) is 0. The van der Waals surface area contributed by atoms with Crippen molar-refractivity contribution in [2.75, 3.05) is 6.61 Å². The van der Waals surface area contributed by atoms with E-state index in [9.17, 15) is 4.79 Å². The summed E-state index contributed by atoms with van der Waals surface area (Å²) in [4.78, 5) is 11.8. The van der Waals surface area contributed by atoms with E-state index in [-0.39, 0.29) is 18.1 Å². The largest absolute Gasteiger partial charge is 0.465 e. The fraction of sp³-hybridized carbons (Fsp3) is 0.462. The summed E-state index contributed by atoms with van der Waals surface area (Å²) in [5, 5.41) is 3.21. The van der Waals surface area contributed by atoms with Crippen LogP contribution in [0.25, 0.3) is 0 Å². The molecule has 88 valence electrons. The van der Waals surface area contributed by atoms with Crippen LogP contribution in [0.1, 0.15) is 32.4 Å². The van der Waals surface area contributed by atoms with Crippen LogP contribution < -0.4 is 5.32 Å². The van der Waals surface area contributed by atoms with Gasteiger partial charge in [0.25, 0.3) is 0 Å². The highest BCUT2D eigenvalue weighted by atomic mass is 16.5. The molecule has 3 nitrogen and oxygen atoms in total. The first kappa shape index (κ1) is 12.7. The molecule has 1 rings (SSSR count). The molecule has 0 saturated heterocycles. The maximum atomic E-state index is 11.8. The first-order valence-electron chi connectivity index (χ1n) is 5.62. The van der Waals surface area contributed by atoms with Crippen molar-refractivity contribution in [3.63, 3.8) is 0 Å². The number of rotatable bonds is 5. The van der Waals surface area contributed by atoms with Gasteiger partial charge in [0.15, 0.2) is 0 Å². The Bertz CT molecular complexity index is 322. The van der Waals surface area contributed by atoms with Gasteiger partial charge in [-0.25, -0.2) is 4.79 Å². The van der Waals surface area contributed by atoms with E-state index in [1.165, 1.54) is 0 Å². The normalized spacial score (nSPS) is 12.5. The highest BCUT2D eigenvalue weighted by Gasteiger charge is 2.21. The van der Waals surface area contributed by atoms with Crippen molar-refractivity contribution in [2.24, 2.45) is 0 Å². The van der Waals surface area contributed by atoms with E-state index in [4.69, 9.17) is 4.74 Å². The van der Waals surface area contributed by atoms with Crippen molar-refractivity contribution in [3.8, 4) is 0 Å². The summed E-state index contributed by atoms with van der Waals surface area (Å²) >= 11 is 0. The summed E-state index contributed by atoms with van der Waals surface area (Å²) in [6, 6.07) is 9.48. The average Bonchev–Trinajstić information content (AvgIpc) is 2.27. The molecule has 0 aliphatic heterocycles. The van der Waals surface area contributed by atoms with Gasteiger partial charge in [-0.05, 0) is 26.3 Å². The summed E-state index contributed by atoms with van der Waals surface area (Å²) in [5.41, 5.74) is 0.939. The van der Waals surface area contributed by atoms with Gasteiger partial charge < -0.3 is 4.74 Å². The van der Waals surface area contributed by atoms with Gasteiger partial charge in [-0.3, -0.25) is 5.32 Å². The molecule has 1 N–H and O–H groups in total. The summed E-state index contributed by atoms with van der Waals surface area (Å²) in [7, 11) is 0. The van der Waals surface area contributed by atoms with E-state index in [1.54, 1.807) is 0 Å². The van der Waals surface area contributed by atoms with Crippen molar-refractivity contribution in [2.45, 2.75) is 32.9 Å². The van der Waals surface area contributed by atoms with Gasteiger partial charge in [0.1, 0.15) is 6.04 Å².